The van der Waals surface area contributed by atoms with Crippen molar-refractivity contribution in [3.05, 3.63) is 0 Å². The summed E-state index contributed by atoms with van der Waals surface area (Å²) in [6.07, 6.45) is 2.82. The van der Waals surface area contributed by atoms with Crippen molar-refractivity contribution in [2.75, 3.05) is 19.8 Å². The van der Waals surface area contributed by atoms with Gasteiger partial charge in [-0.05, 0) is 37.0 Å². The fraction of sp³-hybridized carbons (Fsp3) is 0.900. The average molecular weight is 336 g/mol. The Hall–Kier alpha value is -0.600. The monoisotopic (exact) mass is 336 g/mol. The van der Waals surface area contributed by atoms with Gasteiger partial charge >= 0.3 is 0 Å². The summed E-state index contributed by atoms with van der Waals surface area (Å²) in [6.45, 7) is 9.78. The molecule has 2 aliphatic carbocycles. The van der Waals surface area contributed by atoms with Gasteiger partial charge in [0.1, 0.15) is 0 Å². The molecule has 2 N–H and O–H groups in total. The molecule has 0 amide bonds. The molecule has 4 nitrogen and oxygen atoms in total. The fourth-order valence-electron chi connectivity index (χ4n) is 6.16. The van der Waals surface area contributed by atoms with Crippen molar-refractivity contribution in [3.63, 3.8) is 0 Å². The van der Waals surface area contributed by atoms with Crippen molar-refractivity contribution < 1.29 is 19.7 Å². The van der Waals surface area contributed by atoms with Crippen molar-refractivity contribution in [2.45, 2.75) is 65.3 Å². The van der Waals surface area contributed by atoms with E-state index in [1.807, 2.05) is 6.92 Å². The molecule has 0 unspecified atom stereocenters. The number of ether oxygens (including phenoxy) is 2. The van der Waals surface area contributed by atoms with Gasteiger partial charge in [0, 0.05) is 30.8 Å². The maximum absolute atomic E-state index is 11.1. The highest BCUT2D eigenvalue weighted by Crippen LogP contribution is 2.72. The van der Waals surface area contributed by atoms with Crippen LogP contribution in [0.2, 0.25) is 0 Å². The maximum atomic E-state index is 11.1. The summed E-state index contributed by atoms with van der Waals surface area (Å²) in [5.41, 5.74) is -0.359. The van der Waals surface area contributed by atoms with Crippen LogP contribution in [0.4, 0.5) is 0 Å². The molecule has 3 rings (SSSR count). The number of aliphatic hydroxyl groups excluding tert-OH is 2. The number of fused-ring (bicyclic) bond motifs is 2. The van der Waals surface area contributed by atoms with Gasteiger partial charge in [-0.2, -0.15) is 0 Å². The van der Waals surface area contributed by atoms with Gasteiger partial charge in [0.2, 0.25) is 0 Å². The second kappa shape index (κ2) is 6.29. The lowest BCUT2D eigenvalue weighted by molar-refractivity contribution is -0.231. The molecule has 1 saturated heterocycles. The first-order chi connectivity index (χ1) is 11.4. The average Bonchev–Trinajstić information content (AvgIpc) is 3.23. The van der Waals surface area contributed by atoms with E-state index in [4.69, 9.17) is 9.47 Å². The predicted octanol–water partition coefficient (Wildman–Crippen LogP) is 2.57. The number of hydrogen-bond acceptors (Lipinski definition) is 4. The van der Waals surface area contributed by atoms with Crippen molar-refractivity contribution in [1.29, 1.82) is 0 Å². The molecule has 3 fully saturated rings. The molecule has 0 bridgehead atoms. The number of rotatable bonds is 4. The highest BCUT2D eigenvalue weighted by molar-refractivity contribution is 5.19. The zero-order chi connectivity index (χ0) is 17.6. The number of aliphatic hydroxyl groups is 2. The second-order valence-electron chi connectivity index (χ2n) is 8.38. The van der Waals surface area contributed by atoms with Crippen LogP contribution in [0.3, 0.4) is 0 Å². The normalized spacial score (nSPS) is 42.6. The smallest absolute Gasteiger partial charge is 0.172 e. The lowest BCUT2D eigenvalue weighted by Gasteiger charge is -2.48. The molecule has 1 aliphatic heterocycles. The highest BCUT2D eigenvalue weighted by atomic mass is 16.7. The summed E-state index contributed by atoms with van der Waals surface area (Å²) in [6, 6.07) is 0. The summed E-state index contributed by atoms with van der Waals surface area (Å²) < 4.78 is 12.4. The van der Waals surface area contributed by atoms with Crippen LogP contribution in [-0.4, -0.2) is 41.9 Å². The Bertz CT molecular complexity index is 529. The van der Waals surface area contributed by atoms with Crippen LogP contribution < -0.4 is 0 Å². The summed E-state index contributed by atoms with van der Waals surface area (Å²) >= 11 is 0. The molecular formula is C20H32O4. The molecule has 0 aromatic rings. The molecule has 136 valence electrons. The minimum atomic E-state index is -0.594. The van der Waals surface area contributed by atoms with E-state index >= 15 is 0 Å². The van der Waals surface area contributed by atoms with E-state index in [1.165, 1.54) is 0 Å². The van der Waals surface area contributed by atoms with Crippen LogP contribution in [0.1, 0.15) is 53.4 Å². The predicted molar refractivity (Wildman–Crippen MR) is 92.0 cm³/mol. The summed E-state index contributed by atoms with van der Waals surface area (Å²) in [5.74, 6) is 5.95. The second-order valence-corrected chi connectivity index (χ2v) is 8.38. The Kier molecular flexibility index (Phi) is 4.77. The molecule has 0 aromatic heterocycles. The van der Waals surface area contributed by atoms with E-state index in [9.17, 15) is 10.2 Å². The summed E-state index contributed by atoms with van der Waals surface area (Å²) in [7, 11) is 0. The van der Waals surface area contributed by atoms with Crippen LogP contribution >= 0.6 is 0 Å². The maximum Gasteiger partial charge on any atom is 0.172 e. The molecule has 6 atom stereocenters. The fourth-order valence-corrected chi connectivity index (χ4v) is 6.16. The van der Waals surface area contributed by atoms with Crippen LogP contribution in [0.15, 0.2) is 0 Å². The van der Waals surface area contributed by atoms with Crippen LogP contribution in [0.25, 0.3) is 0 Å². The molecule has 0 radical (unpaired) electrons. The van der Waals surface area contributed by atoms with Crippen molar-refractivity contribution in [2.24, 2.45) is 28.6 Å². The first-order valence-electron chi connectivity index (χ1n) is 9.34. The summed E-state index contributed by atoms with van der Waals surface area (Å²) in [4.78, 5) is 0. The van der Waals surface area contributed by atoms with Crippen LogP contribution in [0.5, 0.6) is 0 Å². The molecule has 1 heterocycles. The van der Waals surface area contributed by atoms with E-state index in [0.717, 1.165) is 19.3 Å². The van der Waals surface area contributed by atoms with E-state index < -0.39 is 11.9 Å². The van der Waals surface area contributed by atoms with Gasteiger partial charge in [0.15, 0.2) is 5.79 Å². The third kappa shape index (κ3) is 2.29. The lowest BCUT2D eigenvalue weighted by atomic mass is 9.61. The Balaban J connectivity index is 2.06. The van der Waals surface area contributed by atoms with E-state index in [1.54, 1.807) is 0 Å². The van der Waals surface area contributed by atoms with E-state index in [0.29, 0.717) is 25.6 Å². The zero-order valence-electron chi connectivity index (χ0n) is 15.5. The molecule has 24 heavy (non-hydrogen) atoms. The van der Waals surface area contributed by atoms with Gasteiger partial charge < -0.3 is 19.7 Å². The van der Waals surface area contributed by atoms with Crippen molar-refractivity contribution >= 4 is 0 Å². The van der Waals surface area contributed by atoms with Crippen LogP contribution in [-0.2, 0) is 9.47 Å². The van der Waals surface area contributed by atoms with Gasteiger partial charge in [-0.15, -0.1) is 11.8 Å². The van der Waals surface area contributed by atoms with E-state index in [-0.39, 0.29) is 29.3 Å². The largest absolute Gasteiger partial charge is 0.396 e. The molecule has 2 saturated carbocycles. The van der Waals surface area contributed by atoms with Gasteiger partial charge in [-0.3, -0.25) is 0 Å². The van der Waals surface area contributed by atoms with Crippen LogP contribution in [0, 0.1) is 40.4 Å². The lowest BCUT2D eigenvalue weighted by Crippen LogP contribution is -2.53. The number of hydrogen-bond donors (Lipinski definition) is 2. The van der Waals surface area contributed by atoms with Crippen molar-refractivity contribution in [1.82, 2.24) is 0 Å². The SMILES string of the molecule is CC#CC[C@@H](O)[C@]1(C)[C@H](C)C[C@@]2([C@H](C)CO)CCC3(OCCO3)[C@H]21. The standard InChI is InChI=1S/C20H32O4/c1-5-6-7-16(22)18(4)14(2)12-19(15(3)13-21)8-9-20(17(18)19)23-10-11-24-20/h14-17,21-22H,7-13H2,1-4H3/t14-,15-,16-,17+,18+,19-/m1/s1. The van der Waals surface area contributed by atoms with Gasteiger partial charge in [0.25, 0.3) is 0 Å². The zero-order valence-corrected chi connectivity index (χ0v) is 15.5. The quantitative estimate of drug-likeness (QED) is 0.775. The molecule has 4 heteroatoms. The topological polar surface area (TPSA) is 58.9 Å². The molecule has 0 aromatic carbocycles. The van der Waals surface area contributed by atoms with E-state index in [2.05, 4.69) is 32.6 Å². The third-order valence-electron chi connectivity index (χ3n) is 7.55. The Morgan fingerprint density at radius 1 is 1.25 bits per heavy atom. The van der Waals surface area contributed by atoms with Crippen molar-refractivity contribution in [3.8, 4) is 11.8 Å². The Morgan fingerprint density at radius 2 is 1.92 bits per heavy atom. The van der Waals surface area contributed by atoms with Gasteiger partial charge in [-0.25, -0.2) is 0 Å². The minimum absolute atomic E-state index is 0.0338. The first-order valence-corrected chi connectivity index (χ1v) is 9.34. The highest BCUT2D eigenvalue weighted by Gasteiger charge is 2.73. The van der Waals surface area contributed by atoms with Gasteiger partial charge in [0.05, 0.1) is 19.3 Å². The molecular weight excluding hydrogens is 304 g/mol. The summed E-state index contributed by atoms with van der Waals surface area (Å²) in [5, 5.41) is 21.0. The molecule has 3 aliphatic rings. The first kappa shape index (κ1) is 18.2. The molecule has 1 spiro atoms. The Morgan fingerprint density at radius 3 is 2.50 bits per heavy atom. The third-order valence-corrected chi connectivity index (χ3v) is 7.55. The Labute approximate surface area is 145 Å². The minimum Gasteiger partial charge on any atom is -0.396 e. The van der Waals surface area contributed by atoms with Gasteiger partial charge in [-0.1, -0.05) is 20.8 Å².